The van der Waals surface area contributed by atoms with Gasteiger partial charge in [0.15, 0.2) is 0 Å². The topological polar surface area (TPSA) is 79.5 Å². The monoisotopic (exact) mass is 264 g/mol. The average molecular weight is 264 g/mol. The van der Waals surface area contributed by atoms with E-state index in [1.807, 2.05) is 27.7 Å². The van der Waals surface area contributed by atoms with E-state index in [1.54, 1.807) is 10.9 Å². The van der Waals surface area contributed by atoms with E-state index in [1.165, 1.54) is 0 Å². The smallest absolute Gasteiger partial charge is 0.259 e. The number of aliphatic hydroxyl groups excluding tert-OH is 1. The predicted molar refractivity (Wildman–Crippen MR) is 74.9 cm³/mol. The van der Waals surface area contributed by atoms with Gasteiger partial charge >= 0.3 is 0 Å². The summed E-state index contributed by atoms with van der Waals surface area (Å²) in [6, 6.07) is 0. The number of hydrogen-bond acceptors (Lipinski definition) is 4. The minimum absolute atomic E-state index is 0.00605. The summed E-state index contributed by atoms with van der Waals surface area (Å²) in [5.74, 6) is 1.16. The molecule has 0 aromatic carbocycles. The van der Waals surface area contributed by atoms with Crippen LogP contribution in [0.25, 0.3) is 0 Å². The van der Waals surface area contributed by atoms with Gasteiger partial charge in [-0.1, -0.05) is 6.92 Å². The highest BCUT2D eigenvalue weighted by Gasteiger charge is 2.31. The van der Waals surface area contributed by atoms with Gasteiger partial charge in [-0.3, -0.25) is 14.4 Å². The number of aliphatic imine (C=N–C) groups is 1. The summed E-state index contributed by atoms with van der Waals surface area (Å²) in [7, 11) is 0. The highest BCUT2D eigenvalue weighted by molar-refractivity contribution is 6.05. The molecule has 2 heterocycles. The molecule has 1 aliphatic rings. The maximum Gasteiger partial charge on any atom is 0.259 e. The van der Waals surface area contributed by atoms with Gasteiger partial charge in [-0.2, -0.15) is 0 Å². The van der Waals surface area contributed by atoms with Crippen LogP contribution in [0.15, 0.2) is 16.1 Å². The van der Waals surface area contributed by atoms with Crippen molar-refractivity contribution in [2.75, 3.05) is 18.5 Å². The Balaban J connectivity index is 2.48. The van der Waals surface area contributed by atoms with Crippen LogP contribution in [0.2, 0.25) is 0 Å². The minimum atomic E-state index is -0.302. The summed E-state index contributed by atoms with van der Waals surface area (Å²) in [5.41, 5.74) is 0.310. The predicted octanol–water partition coefficient (Wildman–Crippen LogP) is 0.918. The van der Waals surface area contributed by atoms with Crippen LogP contribution >= 0.6 is 0 Å². The molecule has 2 rings (SSSR count). The molecule has 1 atom stereocenters. The first kappa shape index (κ1) is 13.7. The van der Waals surface area contributed by atoms with Gasteiger partial charge in [-0.05, 0) is 20.8 Å². The highest BCUT2D eigenvalue weighted by atomic mass is 16.3. The molecule has 0 amide bonds. The lowest BCUT2D eigenvalue weighted by atomic mass is 10.0. The highest BCUT2D eigenvalue weighted by Crippen LogP contribution is 2.28. The van der Waals surface area contributed by atoms with Gasteiger partial charge in [0.2, 0.25) is 0 Å². The Kier molecular flexibility index (Phi) is 3.45. The van der Waals surface area contributed by atoms with Gasteiger partial charge in [0.05, 0.1) is 18.7 Å². The zero-order valence-electron chi connectivity index (χ0n) is 11.8. The Bertz CT molecular complexity index is 569. The lowest BCUT2D eigenvalue weighted by Gasteiger charge is -2.22. The standard InChI is InChI=1S/C13H20N4O2/c1-8-9-11(16-10(8)14-5-6-18)15-7-17(12(9)19)13(2,3)4/h7-8,18H,5-6H2,1-4H3,(H,14,16). The van der Waals surface area contributed by atoms with Gasteiger partial charge in [-0.15, -0.1) is 0 Å². The first-order valence-corrected chi connectivity index (χ1v) is 6.40. The fourth-order valence-electron chi connectivity index (χ4n) is 2.15. The first-order chi connectivity index (χ1) is 8.86. The molecule has 1 aliphatic heterocycles. The largest absolute Gasteiger partial charge is 0.394 e. The van der Waals surface area contributed by atoms with Crippen LogP contribution in [0.5, 0.6) is 0 Å². The van der Waals surface area contributed by atoms with Crippen molar-refractivity contribution in [3.63, 3.8) is 0 Å². The van der Waals surface area contributed by atoms with Crippen LogP contribution in [0.3, 0.4) is 0 Å². The molecule has 0 saturated carbocycles. The number of aliphatic hydroxyl groups is 1. The zero-order chi connectivity index (χ0) is 14.2. The molecule has 6 heteroatoms. The van der Waals surface area contributed by atoms with E-state index in [4.69, 9.17) is 5.11 Å². The number of fused-ring (bicyclic) bond motifs is 1. The Labute approximate surface area is 112 Å². The summed E-state index contributed by atoms with van der Waals surface area (Å²) in [5, 5.41) is 11.9. The van der Waals surface area contributed by atoms with Crippen LogP contribution in [0.1, 0.15) is 39.2 Å². The van der Waals surface area contributed by atoms with E-state index in [0.717, 1.165) is 0 Å². The summed E-state index contributed by atoms with van der Waals surface area (Å²) >= 11 is 0. The molecule has 2 N–H and O–H groups in total. The zero-order valence-corrected chi connectivity index (χ0v) is 11.8. The maximum atomic E-state index is 12.5. The lowest BCUT2D eigenvalue weighted by Crippen LogP contribution is -2.35. The first-order valence-electron chi connectivity index (χ1n) is 6.40. The second-order valence-electron chi connectivity index (χ2n) is 5.69. The third-order valence-electron chi connectivity index (χ3n) is 3.20. The van der Waals surface area contributed by atoms with E-state index in [9.17, 15) is 4.79 Å². The van der Waals surface area contributed by atoms with E-state index in [0.29, 0.717) is 23.8 Å². The van der Waals surface area contributed by atoms with Gasteiger partial charge in [-0.25, -0.2) is 4.98 Å². The summed E-state index contributed by atoms with van der Waals surface area (Å²) in [6.45, 7) is 8.15. The fraction of sp³-hybridized carbons (Fsp3) is 0.615. The number of hydrogen-bond donors (Lipinski definition) is 2. The van der Waals surface area contributed by atoms with E-state index < -0.39 is 0 Å². The minimum Gasteiger partial charge on any atom is -0.394 e. The number of aromatic nitrogens is 2. The van der Waals surface area contributed by atoms with Crippen molar-refractivity contribution < 1.29 is 5.11 Å². The molecule has 6 nitrogen and oxygen atoms in total. The van der Waals surface area contributed by atoms with Crippen LogP contribution in [0.4, 0.5) is 5.82 Å². The Morgan fingerprint density at radius 2 is 2.21 bits per heavy atom. The van der Waals surface area contributed by atoms with Crippen LogP contribution < -0.4 is 10.9 Å². The molecule has 0 radical (unpaired) electrons. The van der Waals surface area contributed by atoms with Crippen molar-refractivity contribution in [3.05, 3.63) is 22.2 Å². The van der Waals surface area contributed by atoms with Crippen molar-refractivity contribution >= 4 is 11.7 Å². The quantitative estimate of drug-likeness (QED) is 0.832. The number of anilines is 1. The van der Waals surface area contributed by atoms with E-state index in [2.05, 4.69) is 15.3 Å². The third-order valence-corrected chi connectivity index (χ3v) is 3.20. The second kappa shape index (κ2) is 4.77. The molecule has 0 fully saturated rings. The van der Waals surface area contributed by atoms with E-state index in [-0.39, 0.29) is 23.6 Å². The van der Waals surface area contributed by atoms with Crippen molar-refractivity contribution in [1.82, 2.24) is 9.55 Å². The number of nitrogens with one attached hydrogen (secondary N) is 1. The number of rotatable bonds is 2. The molecular formula is C13H20N4O2. The van der Waals surface area contributed by atoms with Crippen LogP contribution in [0, 0.1) is 0 Å². The molecule has 1 aromatic heterocycles. The van der Waals surface area contributed by atoms with E-state index >= 15 is 0 Å². The molecule has 19 heavy (non-hydrogen) atoms. The fourth-order valence-corrected chi connectivity index (χ4v) is 2.15. The van der Waals surface area contributed by atoms with Crippen molar-refractivity contribution in [2.45, 2.75) is 39.2 Å². The van der Waals surface area contributed by atoms with Gasteiger partial charge < -0.3 is 10.4 Å². The summed E-state index contributed by atoms with van der Waals surface area (Å²) < 4.78 is 1.64. The van der Waals surface area contributed by atoms with Crippen molar-refractivity contribution in [1.29, 1.82) is 0 Å². The molecule has 1 unspecified atom stereocenters. The van der Waals surface area contributed by atoms with Gasteiger partial charge in [0, 0.05) is 11.5 Å². The van der Waals surface area contributed by atoms with Crippen molar-refractivity contribution in [2.24, 2.45) is 4.99 Å². The SMILES string of the molecule is CC1C(=NCCO)Nc2ncn(C(C)(C)C)c(=O)c21. The third kappa shape index (κ3) is 2.40. The van der Waals surface area contributed by atoms with Gasteiger partial charge in [0.1, 0.15) is 18.0 Å². The molecular weight excluding hydrogens is 244 g/mol. The average Bonchev–Trinajstić information content (AvgIpc) is 2.63. The molecule has 0 aliphatic carbocycles. The number of amidine groups is 1. The maximum absolute atomic E-state index is 12.5. The van der Waals surface area contributed by atoms with Gasteiger partial charge in [0.25, 0.3) is 5.56 Å². The lowest BCUT2D eigenvalue weighted by molar-refractivity contribution is 0.307. The molecule has 0 spiro atoms. The Morgan fingerprint density at radius 3 is 2.79 bits per heavy atom. The normalized spacial score (nSPS) is 20.5. The van der Waals surface area contributed by atoms with Crippen molar-refractivity contribution in [3.8, 4) is 0 Å². The molecule has 104 valence electrons. The van der Waals surface area contributed by atoms with Crippen LogP contribution in [-0.4, -0.2) is 33.6 Å². The second-order valence-corrected chi connectivity index (χ2v) is 5.69. The van der Waals surface area contributed by atoms with Crippen LogP contribution in [-0.2, 0) is 5.54 Å². The molecule has 0 saturated heterocycles. The molecule has 1 aromatic rings. The Hall–Kier alpha value is -1.69. The summed E-state index contributed by atoms with van der Waals surface area (Å²) in [4.78, 5) is 21.1. The summed E-state index contributed by atoms with van der Waals surface area (Å²) in [6.07, 6.45) is 1.57. The number of nitrogens with zero attached hydrogens (tertiary/aromatic N) is 3. The Morgan fingerprint density at radius 1 is 1.53 bits per heavy atom. The molecule has 0 bridgehead atoms.